The number of furan rings is 1. The maximum Gasteiger partial charge on any atom is 0.407 e. The fraction of sp³-hybridized carbons (Fsp3) is 0.150. The summed E-state index contributed by atoms with van der Waals surface area (Å²) < 4.78 is 7.39. The largest absolute Gasteiger partial charge is 0.465 e. The second-order valence-electron chi connectivity index (χ2n) is 6.60. The van der Waals surface area contributed by atoms with E-state index in [2.05, 4.69) is 11.1 Å². The lowest BCUT2D eigenvalue weighted by molar-refractivity contribution is 0.144. The number of hydrogen-bond acceptors (Lipinski definition) is 4. The molecule has 0 saturated heterocycles. The van der Waals surface area contributed by atoms with E-state index in [-0.39, 0.29) is 0 Å². The zero-order valence-electron chi connectivity index (χ0n) is 14.4. The summed E-state index contributed by atoms with van der Waals surface area (Å²) in [6, 6.07) is 11.8. The number of fused-ring (bicyclic) bond motifs is 2. The first-order chi connectivity index (χ1) is 13.2. The Kier molecular flexibility index (Phi) is 3.46. The summed E-state index contributed by atoms with van der Waals surface area (Å²) in [7, 11) is 0. The van der Waals surface area contributed by atoms with Gasteiger partial charge in [0.15, 0.2) is 0 Å². The third-order valence-corrected chi connectivity index (χ3v) is 4.87. The number of carboxylic acid groups (broad SMARTS) is 1. The quantitative estimate of drug-likeness (QED) is 0.602. The molecule has 1 aliphatic rings. The molecule has 1 aromatic carbocycles. The van der Waals surface area contributed by atoms with E-state index in [0.717, 1.165) is 39.0 Å². The number of carbonyl (C=O) groups is 1. The van der Waals surface area contributed by atoms with Crippen molar-refractivity contribution in [2.75, 3.05) is 0 Å². The lowest BCUT2D eigenvalue weighted by atomic mass is 10.0. The summed E-state index contributed by atoms with van der Waals surface area (Å²) in [5.74, 6) is 0. The van der Waals surface area contributed by atoms with E-state index in [1.165, 1.54) is 4.90 Å². The molecule has 4 aromatic rings. The van der Waals surface area contributed by atoms with Gasteiger partial charge < -0.3 is 9.52 Å². The van der Waals surface area contributed by atoms with Crippen molar-refractivity contribution in [3.8, 4) is 11.3 Å². The monoisotopic (exact) mass is 360 g/mol. The Morgan fingerprint density at radius 1 is 1.22 bits per heavy atom. The predicted molar refractivity (Wildman–Crippen MR) is 98.0 cm³/mol. The normalized spacial score (nSPS) is 13.3. The van der Waals surface area contributed by atoms with Crippen LogP contribution in [0.2, 0.25) is 0 Å². The summed E-state index contributed by atoms with van der Waals surface area (Å²) in [6.07, 6.45) is 4.30. The summed E-state index contributed by atoms with van der Waals surface area (Å²) in [6.45, 7) is 1.23. The van der Waals surface area contributed by atoms with Gasteiger partial charge >= 0.3 is 6.09 Å². The van der Waals surface area contributed by atoms with Crippen LogP contribution in [-0.4, -0.2) is 30.9 Å². The molecule has 3 aromatic heterocycles. The number of pyridine rings is 1. The van der Waals surface area contributed by atoms with Gasteiger partial charge in [-0.25, -0.2) is 4.79 Å². The first kappa shape index (κ1) is 15.6. The average Bonchev–Trinajstić information content (AvgIpc) is 3.35. The molecule has 1 amide bonds. The van der Waals surface area contributed by atoms with Crippen molar-refractivity contribution in [2.45, 2.75) is 19.6 Å². The molecule has 7 nitrogen and oxygen atoms in total. The minimum absolute atomic E-state index is 0.311. The highest BCUT2D eigenvalue weighted by Gasteiger charge is 2.30. The van der Waals surface area contributed by atoms with Crippen LogP contribution in [0.4, 0.5) is 4.79 Å². The molecule has 134 valence electrons. The van der Waals surface area contributed by atoms with Gasteiger partial charge in [0, 0.05) is 28.9 Å². The first-order valence-electron chi connectivity index (χ1n) is 8.62. The van der Waals surface area contributed by atoms with Crippen LogP contribution in [0.5, 0.6) is 0 Å². The average molecular weight is 360 g/mol. The topological polar surface area (TPSA) is 84.4 Å². The fourth-order valence-electron chi connectivity index (χ4n) is 3.62. The van der Waals surface area contributed by atoms with E-state index in [1.54, 1.807) is 12.5 Å². The van der Waals surface area contributed by atoms with E-state index in [1.807, 2.05) is 41.2 Å². The van der Waals surface area contributed by atoms with Crippen molar-refractivity contribution in [1.82, 2.24) is 19.7 Å². The van der Waals surface area contributed by atoms with Crippen molar-refractivity contribution in [3.05, 3.63) is 71.9 Å². The number of amides is 1. The van der Waals surface area contributed by atoms with Gasteiger partial charge in [-0.15, -0.1) is 0 Å². The Hall–Kier alpha value is -3.61. The molecule has 0 atom stereocenters. The van der Waals surface area contributed by atoms with Crippen molar-refractivity contribution in [1.29, 1.82) is 0 Å². The molecule has 0 radical (unpaired) electrons. The van der Waals surface area contributed by atoms with E-state index in [0.29, 0.717) is 19.6 Å². The smallest absolute Gasteiger partial charge is 0.407 e. The standard InChI is InChI=1S/C20H16N4O3/c25-20(26)23-11-16-17(12-23)22-24(10-13-2-1-6-21-9-13)19(16)15-3-4-18-14(8-15)5-7-27-18/h1-9H,10-12H2,(H,25,26). The van der Waals surface area contributed by atoms with Crippen LogP contribution in [0.15, 0.2) is 59.5 Å². The highest BCUT2D eigenvalue weighted by Crippen LogP contribution is 2.34. The highest BCUT2D eigenvalue weighted by atomic mass is 16.4. The van der Waals surface area contributed by atoms with E-state index in [4.69, 9.17) is 9.52 Å². The Labute approximate surface area is 154 Å². The van der Waals surface area contributed by atoms with Crippen LogP contribution in [0, 0.1) is 0 Å². The molecule has 0 saturated carbocycles. The zero-order chi connectivity index (χ0) is 18.4. The van der Waals surface area contributed by atoms with Gasteiger partial charge in [0.05, 0.1) is 37.3 Å². The van der Waals surface area contributed by atoms with Gasteiger partial charge in [-0.1, -0.05) is 6.07 Å². The van der Waals surface area contributed by atoms with Crippen LogP contribution >= 0.6 is 0 Å². The Morgan fingerprint density at radius 3 is 2.96 bits per heavy atom. The molecule has 0 unspecified atom stereocenters. The number of benzene rings is 1. The van der Waals surface area contributed by atoms with Crippen molar-refractivity contribution in [2.24, 2.45) is 0 Å². The van der Waals surface area contributed by atoms with E-state index < -0.39 is 6.09 Å². The second-order valence-corrected chi connectivity index (χ2v) is 6.60. The number of hydrogen-bond donors (Lipinski definition) is 1. The molecule has 0 aliphatic carbocycles. The van der Waals surface area contributed by atoms with Crippen LogP contribution in [-0.2, 0) is 19.6 Å². The second kappa shape index (κ2) is 5.98. The van der Waals surface area contributed by atoms with Gasteiger partial charge in [0.1, 0.15) is 5.58 Å². The van der Waals surface area contributed by atoms with Gasteiger partial charge in [-0.05, 0) is 35.9 Å². The minimum Gasteiger partial charge on any atom is -0.465 e. The van der Waals surface area contributed by atoms with Gasteiger partial charge in [0.25, 0.3) is 0 Å². The summed E-state index contributed by atoms with van der Waals surface area (Å²) in [5.41, 5.74) is 5.57. The van der Waals surface area contributed by atoms with Crippen molar-refractivity contribution >= 4 is 17.1 Å². The Balaban J connectivity index is 1.63. The number of rotatable bonds is 3. The van der Waals surface area contributed by atoms with Gasteiger partial charge in [-0.3, -0.25) is 14.6 Å². The molecule has 1 aliphatic heterocycles. The van der Waals surface area contributed by atoms with Crippen molar-refractivity contribution in [3.63, 3.8) is 0 Å². The molecular formula is C20H16N4O3. The maximum atomic E-state index is 11.4. The summed E-state index contributed by atoms with van der Waals surface area (Å²) >= 11 is 0. The zero-order valence-corrected chi connectivity index (χ0v) is 14.4. The first-order valence-corrected chi connectivity index (χ1v) is 8.62. The summed E-state index contributed by atoms with van der Waals surface area (Å²) in [5, 5.41) is 15.1. The van der Waals surface area contributed by atoms with Crippen molar-refractivity contribution < 1.29 is 14.3 Å². The fourth-order valence-corrected chi connectivity index (χ4v) is 3.62. The third-order valence-electron chi connectivity index (χ3n) is 4.87. The molecule has 1 N–H and O–H groups in total. The Morgan fingerprint density at radius 2 is 2.15 bits per heavy atom. The molecule has 0 bridgehead atoms. The number of aromatic nitrogens is 3. The molecule has 7 heteroatoms. The van der Waals surface area contributed by atoms with Crippen LogP contribution in [0.3, 0.4) is 0 Å². The van der Waals surface area contributed by atoms with Crippen LogP contribution in [0.25, 0.3) is 22.2 Å². The maximum absolute atomic E-state index is 11.4. The molecule has 0 fully saturated rings. The van der Waals surface area contributed by atoms with Gasteiger partial charge in [-0.2, -0.15) is 5.10 Å². The van der Waals surface area contributed by atoms with Crippen LogP contribution in [0.1, 0.15) is 16.8 Å². The highest BCUT2D eigenvalue weighted by molar-refractivity contribution is 5.84. The molecule has 0 spiro atoms. The lowest BCUT2D eigenvalue weighted by Crippen LogP contribution is -2.24. The molecular weight excluding hydrogens is 344 g/mol. The third kappa shape index (κ3) is 2.64. The SMILES string of the molecule is O=C(O)N1Cc2nn(Cc3cccnc3)c(-c3ccc4occc4c3)c2C1. The van der Waals surface area contributed by atoms with E-state index >= 15 is 0 Å². The molecule has 27 heavy (non-hydrogen) atoms. The van der Waals surface area contributed by atoms with E-state index in [9.17, 15) is 9.90 Å². The predicted octanol–water partition coefficient (Wildman–Crippen LogP) is 3.73. The van der Waals surface area contributed by atoms with Gasteiger partial charge in [0.2, 0.25) is 0 Å². The Bertz CT molecular complexity index is 1150. The molecule has 5 rings (SSSR count). The summed E-state index contributed by atoms with van der Waals surface area (Å²) in [4.78, 5) is 17.0. The lowest BCUT2D eigenvalue weighted by Gasteiger charge is -2.14. The number of nitrogens with zero attached hydrogens (tertiary/aromatic N) is 4. The van der Waals surface area contributed by atoms with Crippen LogP contribution < -0.4 is 0 Å². The minimum atomic E-state index is -0.928. The molecule has 4 heterocycles.